The summed E-state index contributed by atoms with van der Waals surface area (Å²) in [7, 11) is 1.20. The molecule has 0 saturated carbocycles. The van der Waals surface area contributed by atoms with Gasteiger partial charge in [0.25, 0.3) is 0 Å². The van der Waals surface area contributed by atoms with Gasteiger partial charge in [-0.3, -0.25) is 0 Å². The molecule has 1 aromatic rings. The molecule has 2 aliphatic carbocycles. The Kier molecular flexibility index (Phi) is 2.92. The van der Waals surface area contributed by atoms with E-state index >= 15 is 0 Å². The molecule has 0 nitrogen and oxygen atoms in total. The highest BCUT2D eigenvalue weighted by molar-refractivity contribution is 6.16. The summed E-state index contributed by atoms with van der Waals surface area (Å²) in [5, 5.41) is 0. The maximum Gasteiger partial charge on any atom is 0.0275 e. The lowest BCUT2D eigenvalue weighted by Crippen LogP contribution is -1.99. The monoisotopic (exact) mass is 250 g/mol. The predicted octanol–water partition coefficient (Wildman–Crippen LogP) is 3.31. The summed E-state index contributed by atoms with van der Waals surface area (Å²) in [6.07, 6.45) is 11.4. The topological polar surface area (TPSA) is 0 Å². The first-order chi connectivity index (χ1) is 8.77. The molecular formula is C17H18Si. The summed E-state index contributed by atoms with van der Waals surface area (Å²) >= 11 is 0. The molecule has 0 N–H and O–H groups in total. The Hall–Kier alpha value is -1.60. The van der Waals surface area contributed by atoms with E-state index in [0.29, 0.717) is 11.5 Å². The second-order valence-electron chi connectivity index (χ2n) is 5.15. The smallest absolute Gasteiger partial charge is 0.0275 e. The van der Waals surface area contributed by atoms with Crippen molar-refractivity contribution < 1.29 is 0 Å². The molecule has 0 aromatic heterocycles. The van der Waals surface area contributed by atoms with Crippen LogP contribution in [-0.4, -0.2) is 10.2 Å². The van der Waals surface area contributed by atoms with Gasteiger partial charge < -0.3 is 0 Å². The van der Waals surface area contributed by atoms with E-state index in [0.717, 1.165) is 0 Å². The van der Waals surface area contributed by atoms with Crippen LogP contribution in [0.5, 0.6) is 0 Å². The van der Waals surface area contributed by atoms with Crippen LogP contribution in [0.1, 0.15) is 18.4 Å². The average molecular weight is 250 g/mol. The van der Waals surface area contributed by atoms with Gasteiger partial charge in [0.2, 0.25) is 0 Å². The fourth-order valence-electron chi connectivity index (χ4n) is 2.85. The van der Waals surface area contributed by atoms with Gasteiger partial charge in [0.15, 0.2) is 0 Å². The normalized spacial score (nSPS) is 26.2. The number of rotatable bonds is 1. The van der Waals surface area contributed by atoms with E-state index in [1.165, 1.54) is 32.5 Å². The molecule has 2 aliphatic rings. The van der Waals surface area contributed by atoms with Crippen LogP contribution < -0.4 is 0 Å². The molecule has 0 saturated heterocycles. The molecule has 2 atom stereocenters. The van der Waals surface area contributed by atoms with Crippen LogP contribution in [0.3, 0.4) is 0 Å². The Morgan fingerprint density at radius 3 is 2.56 bits per heavy atom. The summed E-state index contributed by atoms with van der Waals surface area (Å²) in [6, 6.07) is 10.8. The molecule has 3 rings (SSSR count). The first kappa shape index (κ1) is 11.5. The van der Waals surface area contributed by atoms with E-state index in [-0.39, 0.29) is 0 Å². The molecule has 0 amide bonds. The average Bonchev–Trinajstić information content (AvgIpc) is 2.58. The zero-order valence-electron chi connectivity index (χ0n) is 10.9. The minimum atomic E-state index is 0.421. The molecule has 0 radical (unpaired) electrons. The maximum atomic E-state index is 2.41. The summed E-state index contributed by atoms with van der Waals surface area (Å²) in [4.78, 5) is 0. The highest BCUT2D eigenvalue weighted by atomic mass is 28.1. The van der Waals surface area contributed by atoms with Crippen LogP contribution in [0.25, 0.3) is 0 Å². The van der Waals surface area contributed by atoms with E-state index in [2.05, 4.69) is 67.6 Å². The van der Waals surface area contributed by atoms with Crippen LogP contribution in [-0.2, 0) is 0 Å². The van der Waals surface area contributed by atoms with Crippen LogP contribution in [0.2, 0.25) is 5.54 Å². The standard InChI is InChI=1S/C17H18Si/c1-12-11-16-14(13-7-3-2-4-8-13)9-5-6-10-15(16)17(12)18/h2-11,14,17H,1,18H3. The quantitative estimate of drug-likeness (QED) is 0.671. The van der Waals surface area contributed by atoms with Gasteiger partial charge in [-0.15, -0.1) is 0 Å². The van der Waals surface area contributed by atoms with Crippen molar-refractivity contribution in [2.24, 2.45) is 0 Å². The summed E-state index contributed by atoms with van der Waals surface area (Å²) in [5.74, 6) is 0.421. The van der Waals surface area contributed by atoms with Crippen molar-refractivity contribution in [2.75, 3.05) is 0 Å². The molecular weight excluding hydrogens is 232 g/mol. The van der Waals surface area contributed by atoms with Crippen molar-refractivity contribution in [3.05, 3.63) is 83.0 Å². The van der Waals surface area contributed by atoms with E-state index < -0.39 is 0 Å². The lowest BCUT2D eigenvalue weighted by atomic mass is 9.90. The number of allylic oxidation sites excluding steroid dienone is 8. The molecule has 0 heterocycles. The number of hydrogen-bond acceptors (Lipinski definition) is 0. The zero-order valence-corrected chi connectivity index (χ0v) is 12.9. The third kappa shape index (κ3) is 1.85. The van der Waals surface area contributed by atoms with Crippen LogP contribution >= 0.6 is 0 Å². The fourth-order valence-corrected chi connectivity index (χ4v) is 3.54. The Balaban J connectivity index is 2.10. The molecule has 18 heavy (non-hydrogen) atoms. The largest absolute Gasteiger partial charge is 0.0726 e. The first-order valence-corrected chi connectivity index (χ1v) is 7.75. The third-order valence-corrected chi connectivity index (χ3v) is 5.58. The lowest BCUT2D eigenvalue weighted by molar-refractivity contribution is 1.02. The molecule has 0 spiro atoms. The Morgan fingerprint density at radius 1 is 1.00 bits per heavy atom. The van der Waals surface area contributed by atoms with Crippen molar-refractivity contribution >= 4 is 10.2 Å². The highest BCUT2D eigenvalue weighted by Crippen LogP contribution is 2.43. The van der Waals surface area contributed by atoms with Gasteiger partial charge in [-0.25, -0.2) is 0 Å². The van der Waals surface area contributed by atoms with Gasteiger partial charge in [0.05, 0.1) is 0 Å². The van der Waals surface area contributed by atoms with Gasteiger partial charge in [-0.2, -0.15) is 0 Å². The SMILES string of the molecule is CC1=CC2=C(C=CC=CC2c2ccccc2)C1[SiH3]. The van der Waals surface area contributed by atoms with Crippen LogP contribution in [0, 0.1) is 0 Å². The van der Waals surface area contributed by atoms with Gasteiger partial charge in [-0.1, -0.05) is 66.3 Å². The minimum absolute atomic E-state index is 0.421. The van der Waals surface area contributed by atoms with Gasteiger partial charge >= 0.3 is 0 Å². The molecule has 0 aliphatic heterocycles. The van der Waals surface area contributed by atoms with Crippen LogP contribution in [0.15, 0.2) is 77.4 Å². The Labute approximate surface area is 112 Å². The van der Waals surface area contributed by atoms with Gasteiger partial charge in [-0.05, 0) is 29.2 Å². The molecule has 1 heteroatoms. The second-order valence-corrected chi connectivity index (χ2v) is 6.31. The molecule has 2 unspecified atom stereocenters. The van der Waals surface area contributed by atoms with Gasteiger partial charge in [0, 0.05) is 16.2 Å². The van der Waals surface area contributed by atoms with Crippen molar-refractivity contribution in [2.45, 2.75) is 18.4 Å². The predicted molar refractivity (Wildman–Crippen MR) is 81.9 cm³/mol. The highest BCUT2D eigenvalue weighted by Gasteiger charge is 2.25. The number of benzene rings is 1. The van der Waals surface area contributed by atoms with Crippen molar-refractivity contribution in [3.8, 4) is 0 Å². The molecule has 0 bridgehead atoms. The van der Waals surface area contributed by atoms with Crippen molar-refractivity contribution in [3.63, 3.8) is 0 Å². The first-order valence-electron chi connectivity index (χ1n) is 6.59. The molecule has 1 aromatic carbocycles. The minimum Gasteiger partial charge on any atom is -0.0726 e. The second kappa shape index (κ2) is 4.58. The lowest BCUT2D eigenvalue weighted by Gasteiger charge is -2.15. The summed E-state index contributed by atoms with van der Waals surface area (Å²) < 4.78 is 0. The summed E-state index contributed by atoms with van der Waals surface area (Å²) in [5.41, 5.74) is 6.67. The summed E-state index contributed by atoms with van der Waals surface area (Å²) in [6.45, 7) is 2.27. The van der Waals surface area contributed by atoms with Gasteiger partial charge in [0.1, 0.15) is 0 Å². The third-order valence-electron chi connectivity index (χ3n) is 4.05. The zero-order chi connectivity index (χ0) is 12.5. The number of hydrogen-bond donors (Lipinski definition) is 0. The Bertz CT molecular complexity index is 573. The maximum absolute atomic E-state index is 2.41. The van der Waals surface area contributed by atoms with Crippen molar-refractivity contribution in [1.82, 2.24) is 0 Å². The fraction of sp³-hybridized carbons (Fsp3) is 0.176. The van der Waals surface area contributed by atoms with E-state index in [1.807, 2.05) is 0 Å². The van der Waals surface area contributed by atoms with E-state index in [1.54, 1.807) is 0 Å². The van der Waals surface area contributed by atoms with Crippen LogP contribution in [0.4, 0.5) is 0 Å². The molecule has 0 fully saturated rings. The van der Waals surface area contributed by atoms with E-state index in [4.69, 9.17) is 0 Å². The van der Waals surface area contributed by atoms with Crippen molar-refractivity contribution in [1.29, 1.82) is 0 Å². The van der Waals surface area contributed by atoms with E-state index in [9.17, 15) is 0 Å². The molecule has 90 valence electrons. The Morgan fingerprint density at radius 2 is 1.78 bits per heavy atom.